The molecule has 0 aromatic carbocycles. The van der Waals surface area contributed by atoms with E-state index in [1.807, 2.05) is 0 Å². The Kier molecular flexibility index (Phi) is 6.01. The Bertz CT molecular complexity index is 440. The fraction of sp³-hybridized carbons (Fsp3) is 0.929. The summed E-state index contributed by atoms with van der Waals surface area (Å²) in [7, 11) is -3.41. The number of nitrogens with one attached hydrogen (secondary N) is 1. The van der Waals surface area contributed by atoms with Crippen molar-refractivity contribution in [2.24, 2.45) is 5.73 Å². The van der Waals surface area contributed by atoms with E-state index in [0.717, 1.165) is 45.1 Å². The fourth-order valence-corrected chi connectivity index (χ4v) is 5.19. The Morgan fingerprint density at radius 3 is 2.38 bits per heavy atom. The summed E-state index contributed by atoms with van der Waals surface area (Å²) >= 11 is 0. The molecule has 0 bridgehead atoms. The number of rotatable bonds is 7. The van der Waals surface area contributed by atoms with Crippen molar-refractivity contribution in [1.29, 1.82) is 0 Å². The van der Waals surface area contributed by atoms with Gasteiger partial charge in [-0.2, -0.15) is 4.31 Å². The van der Waals surface area contributed by atoms with Crippen LogP contribution in [0.15, 0.2) is 0 Å². The molecule has 1 unspecified atom stereocenters. The van der Waals surface area contributed by atoms with Gasteiger partial charge in [0.05, 0.1) is 12.3 Å². The highest BCUT2D eigenvalue weighted by Crippen LogP contribution is 2.26. The van der Waals surface area contributed by atoms with E-state index >= 15 is 0 Å². The summed E-state index contributed by atoms with van der Waals surface area (Å²) in [4.78, 5) is 11.2. The van der Waals surface area contributed by atoms with E-state index in [1.165, 1.54) is 10.7 Å². The fourth-order valence-electron chi connectivity index (χ4n) is 3.38. The molecule has 6 nitrogen and oxygen atoms in total. The summed E-state index contributed by atoms with van der Waals surface area (Å²) in [6, 6.07) is 0.245. The summed E-state index contributed by atoms with van der Waals surface area (Å²) in [6.45, 7) is 0.795. The van der Waals surface area contributed by atoms with Crippen LogP contribution in [0.3, 0.4) is 0 Å². The third-order valence-electron chi connectivity index (χ3n) is 4.54. The second-order valence-electron chi connectivity index (χ2n) is 6.20. The lowest BCUT2D eigenvalue weighted by Gasteiger charge is -2.29. The van der Waals surface area contributed by atoms with E-state index in [9.17, 15) is 13.2 Å². The lowest BCUT2D eigenvalue weighted by atomic mass is 10.0. The Morgan fingerprint density at radius 2 is 1.81 bits per heavy atom. The van der Waals surface area contributed by atoms with Crippen LogP contribution in [0, 0.1) is 0 Å². The van der Waals surface area contributed by atoms with Gasteiger partial charge in [-0.25, -0.2) is 8.42 Å². The van der Waals surface area contributed by atoms with E-state index in [0.29, 0.717) is 6.42 Å². The van der Waals surface area contributed by atoms with Crippen LogP contribution in [0.2, 0.25) is 0 Å². The van der Waals surface area contributed by atoms with E-state index in [-0.39, 0.29) is 24.4 Å². The zero-order valence-electron chi connectivity index (χ0n) is 12.6. The first-order valence-electron chi connectivity index (χ1n) is 8.00. The molecular formula is C14H27N3O3S. The number of hydrogen-bond acceptors (Lipinski definition) is 4. The van der Waals surface area contributed by atoms with Crippen molar-refractivity contribution in [3.05, 3.63) is 0 Å². The number of primary amides is 1. The molecule has 2 aliphatic rings. The lowest BCUT2D eigenvalue weighted by Crippen LogP contribution is -2.46. The molecule has 7 heteroatoms. The van der Waals surface area contributed by atoms with Crippen LogP contribution in [0.25, 0.3) is 0 Å². The van der Waals surface area contributed by atoms with Crippen molar-refractivity contribution in [2.45, 2.75) is 63.5 Å². The normalized spacial score (nSPS) is 24.5. The van der Waals surface area contributed by atoms with Gasteiger partial charge in [-0.05, 0) is 38.6 Å². The van der Waals surface area contributed by atoms with E-state index < -0.39 is 15.9 Å². The summed E-state index contributed by atoms with van der Waals surface area (Å²) < 4.78 is 26.5. The minimum atomic E-state index is -3.41. The van der Waals surface area contributed by atoms with Crippen molar-refractivity contribution < 1.29 is 13.2 Å². The molecular weight excluding hydrogens is 290 g/mol. The molecule has 0 radical (unpaired) electrons. The first kappa shape index (κ1) is 16.7. The number of hydrogen-bond donors (Lipinski definition) is 2. The number of nitrogens with two attached hydrogens (primary N) is 1. The summed E-state index contributed by atoms with van der Waals surface area (Å²) in [5.41, 5.74) is 5.24. The van der Waals surface area contributed by atoms with E-state index in [2.05, 4.69) is 5.32 Å². The number of carbonyl (C=O) groups is 1. The first-order valence-corrected chi connectivity index (χ1v) is 9.61. The van der Waals surface area contributed by atoms with Gasteiger partial charge in [-0.1, -0.05) is 19.3 Å². The average Bonchev–Trinajstić information content (AvgIpc) is 2.97. The van der Waals surface area contributed by atoms with Gasteiger partial charge in [-0.15, -0.1) is 0 Å². The third-order valence-corrected chi connectivity index (χ3v) is 6.43. The monoisotopic (exact) mass is 317 g/mol. The maximum absolute atomic E-state index is 12.6. The summed E-state index contributed by atoms with van der Waals surface area (Å²) in [5.74, 6) is -0.463. The first-order chi connectivity index (χ1) is 9.99. The van der Waals surface area contributed by atoms with Crippen molar-refractivity contribution in [3.8, 4) is 0 Å². The third kappa shape index (κ3) is 4.93. The molecule has 3 N–H and O–H groups in total. The Hall–Kier alpha value is -0.660. The number of amides is 1. The van der Waals surface area contributed by atoms with Gasteiger partial charge in [-0.3, -0.25) is 4.79 Å². The van der Waals surface area contributed by atoms with E-state index in [1.54, 1.807) is 0 Å². The van der Waals surface area contributed by atoms with Gasteiger partial charge < -0.3 is 11.1 Å². The van der Waals surface area contributed by atoms with Crippen molar-refractivity contribution in [3.63, 3.8) is 0 Å². The largest absolute Gasteiger partial charge is 0.369 e. The molecule has 21 heavy (non-hydrogen) atoms. The topological polar surface area (TPSA) is 92.5 Å². The molecule has 2 fully saturated rings. The Balaban J connectivity index is 1.96. The number of carbonyl (C=O) groups excluding carboxylic acids is 1. The molecule has 0 aromatic rings. The molecule has 0 aromatic heterocycles. The number of nitrogens with zero attached hydrogens (tertiary/aromatic N) is 1. The predicted molar refractivity (Wildman–Crippen MR) is 82.2 cm³/mol. The minimum Gasteiger partial charge on any atom is -0.369 e. The molecule has 1 aliphatic heterocycles. The van der Waals surface area contributed by atoms with E-state index in [4.69, 9.17) is 5.73 Å². The quantitative estimate of drug-likeness (QED) is 0.718. The maximum Gasteiger partial charge on any atom is 0.232 e. The average molecular weight is 317 g/mol. The second kappa shape index (κ2) is 7.56. The van der Waals surface area contributed by atoms with Gasteiger partial charge >= 0.3 is 0 Å². The van der Waals surface area contributed by atoms with Gasteiger partial charge in [0.15, 0.2) is 0 Å². The molecule has 1 aliphatic carbocycles. The number of sulfonamides is 1. The zero-order chi connectivity index (χ0) is 15.3. The molecule has 1 atom stereocenters. The van der Waals surface area contributed by atoms with Crippen LogP contribution in [-0.2, 0) is 14.8 Å². The molecule has 2 rings (SSSR count). The molecule has 0 spiro atoms. The SMILES string of the molecule is NC(=O)CN(C1CCCC1)S(=O)(=O)CCC1CCCCN1. The standard InChI is InChI=1S/C14H27N3O3S/c15-14(18)11-17(13-6-1-2-7-13)21(19,20)10-8-12-5-3-4-9-16-12/h12-13,16H,1-11H2,(H2,15,18). The smallest absolute Gasteiger partial charge is 0.232 e. The molecule has 1 saturated carbocycles. The molecule has 1 heterocycles. The van der Waals surface area contributed by atoms with Crippen molar-refractivity contribution >= 4 is 15.9 Å². The van der Waals surface area contributed by atoms with Gasteiger partial charge in [0.2, 0.25) is 15.9 Å². The zero-order valence-corrected chi connectivity index (χ0v) is 13.4. The van der Waals surface area contributed by atoms with Crippen LogP contribution in [-0.4, -0.2) is 49.6 Å². The summed E-state index contributed by atoms with van der Waals surface area (Å²) in [6.07, 6.45) is 7.71. The van der Waals surface area contributed by atoms with Gasteiger partial charge in [0.25, 0.3) is 0 Å². The molecule has 1 saturated heterocycles. The second-order valence-corrected chi connectivity index (χ2v) is 8.24. The predicted octanol–water partition coefficient (Wildman–Crippen LogP) is 0.578. The Morgan fingerprint density at radius 1 is 1.14 bits per heavy atom. The highest BCUT2D eigenvalue weighted by atomic mass is 32.2. The summed E-state index contributed by atoms with van der Waals surface area (Å²) in [5, 5.41) is 3.37. The molecule has 1 amide bonds. The van der Waals surface area contributed by atoms with Crippen LogP contribution in [0.5, 0.6) is 0 Å². The minimum absolute atomic E-state index is 0.0400. The van der Waals surface area contributed by atoms with Crippen LogP contribution >= 0.6 is 0 Å². The van der Waals surface area contributed by atoms with Gasteiger partial charge in [0, 0.05) is 12.1 Å². The maximum atomic E-state index is 12.6. The molecule has 122 valence electrons. The van der Waals surface area contributed by atoms with Crippen LogP contribution < -0.4 is 11.1 Å². The van der Waals surface area contributed by atoms with Crippen LogP contribution in [0.4, 0.5) is 0 Å². The van der Waals surface area contributed by atoms with Crippen LogP contribution in [0.1, 0.15) is 51.4 Å². The Labute approximate surface area is 127 Å². The highest BCUT2D eigenvalue weighted by molar-refractivity contribution is 7.89. The number of piperidine rings is 1. The van der Waals surface area contributed by atoms with Crippen molar-refractivity contribution in [2.75, 3.05) is 18.8 Å². The van der Waals surface area contributed by atoms with Gasteiger partial charge in [0.1, 0.15) is 0 Å². The van der Waals surface area contributed by atoms with Crippen molar-refractivity contribution in [1.82, 2.24) is 9.62 Å². The lowest BCUT2D eigenvalue weighted by molar-refractivity contribution is -0.118. The highest BCUT2D eigenvalue weighted by Gasteiger charge is 2.33.